The molecular formula is C5H11NSSe. The number of thiocarbonyl (C=S) groups is 1. The van der Waals surface area contributed by atoms with Crippen LogP contribution in [0.25, 0.3) is 0 Å². The number of rotatable bonds is 2. The van der Waals surface area contributed by atoms with Crippen molar-refractivity contribution in [2.24, 2.45) is 0 Å². The van der Waals surface area contributed by atoms with Crippen LogP contribution in [0.5, 0.6) is 0 Å². The number of nitrogens with zero attached hydrogens (tertiary/aromatic N) is 1. The molecular weight excluding hydrogens is 185 g/mol. The van der Waals surface area contributed by atoms with Gasteiger partial charge in [-0.3, -0.25) is 0 Å². The molecule has 0 N–H and O–H groups in total. The Hall–Kier alpha value is 0.409. The van der Waals surface area contributed by atoms with Crippen molar-refractivity contribution >= 4 is 32.1 Å². The molecule has 0 saturated carbocycles. The summed E-state index contributed by atoms with van der Waals surface area (Å²) in [6.07, 6.45) is 0. The minimum absolute atomic E-state index is 0.933. The summed E-state index contributed by atoms with van der Waals surface area (Å²) in [4.78, 5) is 2.12. The third kappa shape index (κ3) is 2.65. The molecule has 1 nitrogen and oxygen atoms in total. The normalized spacial score (nSPS) is 8.88. The van der Waals surface area contributed by atoms with Crippen LogP contribution in [0.1, 0.15) is 13.8 Å². The van der Waals surface area contributed by atoms with E-state index >= 15 is 0 Å². The van der Waals surface area contributed by atoms with Gasteiger partial charge in [-0.15, -0.1) is 0 Å². The Bertz CT molecular complexity index is 80.5. The van der Waals surface area contributed by atoms with E-state index < -0.39 is 0 Å². The van der Waals surface area contributed by atoms with Crippen molar-refractivity contribution in [1.29, 1.82) is 0 Å². The van der Waals surface area contributed by atoms with Crippen molar-refractivity contribution in [3.63, 3.8) is 0 Å². The minimum atomic E-state index is 0.933. The first kappa shape index (κ1) is 8.41. The van der Waals surface area contributed by atoms with Crippen LogP contribution in [0.15, 0.2) is 0 Å². The summed E-state index contributed by atoms with van der Waals surface area (Å²) in [5, 5.41) is 0. The predicted octanol–water partition coefficient (Wildman–Crippen LogP) is 0.514. The van der Waals surface area contributed by atoms with Gasteiger partial charge in [0.2, 0.25) is 0 Å². The van der Waals surface area contributed by atoms with Gasteiger partial charge in [-0.05, 0) is 0 Å². The van der Waals surface area contributed by atoms with Crippen molar-refractivity contribution in [3.05, 3.63) is 0 Å². The summed E-state index contributed by atoms with van der Waals surface area (Å²) in [7, 11) is 0. The number of hydrogen-bond acceptors (Lipinski definition) is 1. The van der Waals surface area contributed by atoms with E-state index in [0.717, 1.165) is 17.0 Å². The molecule has 3 heteroatoms. The Labute approximate surface area is 64.3 Å². The zero-order valence-electron chi connectivity index (χ0n) is 5.22. The van der Waals surface area contributed by atoms with Gasteiger partial charge in [0.15, 0.2) is 0 Å². The summed E-state index contributed by atoms with van der Waals surface area (Å²) in [6, 6.07) is 0. The van der Waals surface area contributed by atoms with E-state index in [4.69, 9.17) is 12.2 Å². The van der Waals surface area contributed by atoms with E-state index in [1.54, 1.807) is 0 Å². The Morgan fingerprint density at radius 1 is 1.50 bits per heavy atom. The van der Waals surface area contributed by atoms with Gasteiger partial charge in [-0.2, -0.15) is 0 Å². The van der Waals surface area contributed by atoms with E-state index in [9.17, 15) is 0 Å². The molecule has 0 bridgehead atoms. The molecule has 0 aromatic rings. The van der Waals surface area contributed by atoms with Gasteiger partial charge in [0.05, 0.1) is 0 Å². The topological polar surface area (TPSA) is 3.24 Å². The summed E-state index contributed by atoms with van der Waals surface area (Å²) in [5.41, 5.74) is 0. The molecule has 0 aliphatic heterocycles. The fraction of sp³-hybridized carbons (Fsp3) is 0.800. The third-order valence-corrected chi connectivity index (χ3v) is 1.89. The molecule has 0 fully saturated rings. The average Bonchev–Trinajstić information content (AvgIpc) is 1.69. The molecule has 0 aliphatic rings. The van der Waals surface area contributed by atoms with Crippen molar-refractivity contribution in [2.45, 2.75) is 13.8 Å². The second-order valence-electron chi connectivity index (χ2n) is 1.45. The quantitative estimate of drug-likeness (QED) is 0.467. The van der Waals surface area contributed by atoms with Crippen molar-refractivity contribution in [1.82, 2.24) is 4.90 Å². The zero-order chi connectivity index (χ0) is 6.57. The molecule has 0 unspecified atom stereocenters. The van der Waals surface area contributed by atoms with Gasteiger partial charge >= 0.3 is 64.0 Å². The molecule has 0 saturated heterocycles. The van der Waals surface area contributed by atoms with Gasteiger partial charge < -0.3 is 0 Å². The van der Waals surface area contributed by atoms with Gasteiger partial charge in [0.1, 0.15) is 0 Å². The monoisotopic (exact) mass is 197 g/mol. The second-order valence-corrected chi connectivity index (χ2v) is 3.39. The van der Waals surface area contributed by atoms with Crippen LogP contribution in [-0.4, -0.2) is 37.9 Å². The third-order valence-electron chi connectivity index (χ3n) is 1.03. The fourth-order valence-electron chi connectivity index (χ4n) is 0.494. The van der Waals surface area contributed by atoms with Gasteiger partial charge in [-0.1, -0.05) is 0 Å². The van der Waals surface area contributed by atoms with Crippen LogP contribution < -0.4 is 0 Å². The van der Waals surface area contributed by atoms with Gasteiger partial charge in [0, 0.05) is 0 Å². The standard InChI is InChI=1S/C5H11NSSe/c1-3-6(4-2)5(7)8/h3-4H2,1-2H3,(H,7,8). The predicted molar refractivity (Wildman–Crippen MR) is 42.7 cm³/mol. The zero-order valence-corrected chi connectivity index (χ0v) is 7.91. The van der Waals surface area contributed by atoms with Gasteiger partial charge in [0.25, 0.3) is 0 Å². The van der Waals surface area contributed by atoms with E-state index in [2.05, 4.69) is 34.8 Å². The SMILES string of the molecule is CCN(CC)C(=S)[SeH]. The van der Waals surface area contributed by atoms with Crippen molar-refractivity contribution < 1.29 is 0 Å². The average molecular weight is 196 g/mol. The molecule has 8 heavy (non-hydrogen) atoms. The fourth-order valence-corrected chi connectivity index (χ4v) is 1.35. The van der Waals surface area contributed by atoms with E-state index in [0.29, 0.717) is 0 Å². The Kier molecular flexibility index (Phi) is 4.52. The van der Waals surface area contributed by atoms with Crippen LogP contribution in [-0.2, 0) is 0 Å². The Morgan fingerprint density at radius 2 is 1.88 bits per heavy atom. The van der Waals surface area contributed by atoms with E-state index in [-0.39, 0.29) is 0 Å². The summed E-state index contributed by atoms with van der Waals surface area (Å²) < 4.78 is 0.933. The molecule has 0 rings (SSSR count). The first-order valence-electron chi connectivity index (χ1n) is 2.70. The summed E-state index contributed by atoms with van der Waals surface area (Å²) in [6.45, 7) is 6.24. The summed E-state index contributed by atoms with van der Waals surface area (Å²) in [5.74, 6) is 0. The molecule has 0 aromatic heterocycles. The van der Waals surface area contributed by atoms with Crippen LogP contribution >= 0.6 is 12.2 Å². The van der Waals surface area contributed by atoms with Crippen molar-refractivity contribution in [3.8, 4) is 0 Å². The first-order chi connectivity index (χ1) is 3.72. The second kappa shape index (κ2) is 4.30. The van der Waals surface area contributed by atoms with Crippen LogP contribution in [0.4, 0.5) is 0 Å². The van der Waals surface area contributed by atoms with Crippen LogP contribution in [0, 0.1) is 0 Å². The first-order valence-corrected chi connectivity index (χ1v) is 4.04. The molecule has 0 atom stereocenters. The van der Waals surface area contributed by atoms with E-state index in [1.807, 2.05) is 0 Å². The summed E-state index contributed by atoms with van der Waals surface area (Å²) >= 11 is 7.29. The Morgan fingerprint density at radius 3 is 1.88 bits per heavy atom. The molecule has 0 heterocycles. The molecule has 0 radical (unpaired) electrons. The number of hydrogen-bond donors (Lipinski definition) is 0. The molecule has 48 valence electrons. The maximum atomic E-state index is 4.91. The molecule has 0 aliphatic carbocycles. The van der Waals surface area contributed by atoms with Crippen LogP contribution in [0.2, 0.25) is 0 Å². The molecule has 0 aromatic carbocycles. The molecule has 0 spiro atoms. The van der Waals surface area contributed by atoms with Crippen LogP contribution in [0.3, 0.4) is 0 Å². The van der Waals surface area contributed by atoms with E-state index in [1.165, 1.54) is 0 Å². The van der Waals surface area contributed by atoms with Crippen molar-refractivity contribution in [2.75, 3.05) is 13.1 Å². The molecule has 0 amide bonds. The van der Waals surface area contributed by atoms with Gasteiger partial charge in [-0.25, -0.2) is 0 Å². The maximum absolute atomic E-state index is 4.91. The Balaban J connectivity index is 3.52.